The van der Waals surface area contributed by atoms with Crippen LogP contribution in [0.4, 0.5) is 0 Å². The number of fused-ring (bicyclic) bond motifs is 1. The highest BCUT2D eigenvalue weighted by molar-refractivity contribution is 9.09. The summed E-state index contributed by atoms with van der Waals surface area (Å²) in [5.74, 6) is 0.738. The topological polar surface area (TPSA) is 0 Å². The fraction of sp³-hybridized carbons (Fsp3) is 0.667. The Labute approximate surface area is 126 Å². The molecule has 2 aliphatic rings. The van der Waals surface area contributed by atoms with E-state index in [1.165, 1.54) is 31.2 Å². The van der Waals surface area contributed by atoms with Crippen LogP contribution >= 0.6 is 15.9 Å². The van der Waals surface area contributed by atoms with Crippen LogP contribution in [-0.4, -0.2) is 0 Å². The summed E-state index contributed by atoms with van der Waals surface area (Å²) in [5, 5.41) is 0. The van der Waals surface area contributed by atoms with Crippen LogP contribution < -0.4 is 0 Å². The largest absolute Gasteiger partial charge is 0.0835 e. The van der Waals surface area contributed by atoms with Gasteiger partial charge in [-0.25, -0.2) is 0 Å². The molecule has 0 N–H and O–H groups in total. The summed E-state index contributed by atoms with van der Waals surface area (Å²) >= 11 is 3.99. The maximum absolute atomic E-state index is 3.99. The second-order valence-corrected chi connectivity index (χ2v) is 8.54. The van der Waals surface area contributed by atoms with Gasteiger partial charge in [-0.3, -0.25) is 0 Å². The van der Waals surface area contributed by atoms with Crippen molar-refractivity contribution < 1.29 is 0 Å². The second-order valence-electron chi connectivity index (χ2n) is 7.56. The lowest BCUT2D eigenvalue weighted by Gasteiger charge is -2.19. The summed E-state index contributed by atoms with van der Waals surface area (Å²) in [4.78, 5) is 0.504. The number of aryl methyl sites for hydroxylation is 2. The zero-order valence-corrected chi connectivity index (χ0v) is 14.2. The van der Waals surface area contributed by atoms with Crippen LogP contribution in [0.5, 0.6) is 0 Å². The number of hydrogen-bond donors (Lipinski definition) is 0. The lowest BCUT2D eigenvalue weighted by atomic mass is 9.89. The predicted octanol–water partition coefficient (Wildman–Crippen LogP) is 5.68. The Morgan fingerprint density at radius 3 is 2.16 bits per heavy atom. The molecule has 1 heteroatoms. The first-order valence-electron chi connectivity index (χ1n) is 7.61. The first-order chi connectivity index (χ1) is 8.85. The van der Waals surface area contributed by atoms with E-state index in [0.29, 0.717) is 15.7 Å². The Hall–Kier alpha value is -0.300. The van der Waals surface area contributed by atoms with E-state index < -0.39 is 0 Å². The third-order valence-corrected chi connectivity index (χ3v) is 7.17. The molecular formula is C18H25Br. The zero-order valence-electron chi connectivity index (χ0n) is 12.6. The minimum Gasteiger partial charge on any atom is -0.0835 e. The molecule has 0 bridgehead atoms. The van der Waals surface area contributed by atoms with Gasteiger partial charge in [0.15, 0.2) is 0 Å². The summed E-state index contributed by atoms with van der Waals surface area (Å²) in [6.45, 7) is 9.63. The molecule has 0 spiro atoms. The van der Waals surface area contributed by atoms with Crippen molar-refractivity contribution in [3.8, 4) is 0 Å². The van der Waals surface area contributed by atoms with E-state index in [9.17, 15) is 0 Å². The van der Waals surface area contributed by atoms with E-state index in [0.717, 1.165) is 5.92 Å². The number of alkyl halides is 1. The van der Waals surface area contributed by atoms with Crippen LogP contribution in [0, 0.1) is 16.7 Å². The maximum atomic E-state index is 3.99. The molecule has 3 rings (SSSR count). The molecule has 1 saturated carbocycles. The highest BCUT2D eigenvalue weighted by Gasteiger charge is 2.66. The SMILES string of the molecule is CC1(C)C(C(Br)c2ccc3c(c2)CCCC3)C1(C)C. The number of rotatable bonds is 2. The fourth-order valence-corrected chi connectivity index (χ4v) is 5.70. The van der Waals surface area contributed by atoms with Crippen molar-refractivity contribution in [1.82, 2.24) is 0 Å². The molecule has 0 nitrogen and oxygen atoms in total. The van der Waals surface area contributed by atoms with Crippen molar-refractivity contribution in [2.45, 2.75) is 58.2 Å². The lowest BCUT2D eigenvalue weighted by molar-refractivity contribution is 0.457. The van der Waals surface area contributed by atoms with E-state index in [1.54, 1.807) is 11.1 Å². The first-order valence-corrected chi connectivity index (χ1v) is 8.53. The summed E-state index contributed by atoms with van der Waals surface area (Å²) in [5.41, 5.74) is 5.56. The Morgan fingerprint density at radius 1 is 1.00 bits per heavy atom. The van der Waals surface area contributed by atoms with Crippen molar-refractivity contribution in [2.75, 3.05) is 0 Å². The summed E-state index contributed by atoms with van der Waals surface area (Å²) in [7, 11) is 0. The van der Waals surface area contributed by atoms with Gasteiger partial charge >= 0.3 is 0 Å². The first kappa shape index (κ1) is 13.7. The van der Waals surface area contributed by atoms with E-state index >= 15 is 0 Å². The predicted molar refractivity (Wildman–Crippen MR) is 85.8 cm³/mol. The quantitative estimate of drug-likeness (QED) is 0.614. The molecule has 1 atom stereocenters. The van der Waals surface area contributed by atoms with Gasteiger partial charge in [0.2, 0.25) is 0 Å². The molecule has 104 valence electrons. The highest BCUT2D eigenvalue weighted by Crippen LogP contribution is 2.73. The van der Waals surface area contributed by atoms with E-state index in [2.05, 4.69) is 61.8 Å². The van der Waals surface area contributed by atoms with Gasteiger partial charge in [-0.05, 0) is 59.1 Å². The van der Waals surface area contributed by atoms with Gasteiger partial charge in [0, 0.05) is 4.83 Å². The number of halogens is 1. The van der Waals surface area contributed by atoms with Crippen LogP contribution in [0.2, 0.25) is 0 Å². The van der Waals surface area contributed by atoms with Crippen molar-refractivity contribution in [2.24, 2.45) is 16.7 Å². The molecule has 0 amide bonds. The Balaban J connectivity index is 1.87. The van der Waals surface area contributed by atoms with Crippen molar-refractivity contribution in [3.63, 3.8) is 0 Å². The second kappa shape index (κ2) is 4.35. The van der Waals surface area contributed by atoms with Crippen LogP contribution in [0.25, 0.3) is 0 Å². The van der Waals surface area contributed by atoms with Crippen molar-refractivity contribution in [1.29, 1.82) is 0 Å². The average Bonchev–Trinajstić information content (AvgIpc) is 2.78. The summed E-state index contributed by atoms with van der Waals surface area (Å²) in [6, 6.07) is 7.20. The Kier molecular flexibility index (Phi) is 3.13. The monoisotopic (exact) mass is 320 g/mol. The molecule has 19 heavy (non-hydrogen) atoms. The van der Waals surface area contributed by atoms with Crippen molar-refractivity contribution >= 4 is 15.9 Å². The van der Waals surface area contributed by atoms with Gasteiger partial charge in [0.1, 0.15) is 0 Å². The van der Waals surface area contributed by atoms with Gasteiger partial charge in [-0.15, -0.1) is 0 Å². The van der Waals surface area contributed by atoms with Gasteiger partial charge in [-0.2, -0.15) is 0 Å². The minimum atomic E-state index is 0.442. The summed E-state index contributed by atoms with van der Waals surface area (Å²) < 4.78 is 0. The molecule has 0 radical (unpaired) electrons. The molecule has 0 heterocycles. The average molecular weight is 321 g/mol. The van der Waals surface area contributed by atoms with Gasteiger partial charge < -0.3 is 0 Å². The highest BCUT2D eigenvalue weighted by atomic mass is 79.9. The molecular weight excluding hydrogens is 296 g/mol. The van der Waals surface area contributed by atoms with E-state index in [-0.39, 0.29) is 0 Å². The Bertz CT molecular complexity index is 484. The lowest BCUT2D eigenvalue weighted by Crippen LogP contribution is -2.05. The molecule has 0 aromatic heterocycles. The van der Waals surface area contributed by atoms with Gasteiger partial charge in [0.05, 0.1) is 0 Å². The number of hydrogen-bond acceptors (Lipinski definition) is 0. The molecule has 1 fully saturated rings. The minimum absolute atomic E-state index is 0.442. The Morgan fingerprint density at radius 2 is 1.58 bits per heavy atom. The molecule has 1 unspecified atom stereocenters. The van der Waals surface area contributed by atoms with Gasteiger partial charge in [0.25, 0.3) is 0 Å². The molecule has 0 saturated heterocycles. The van der Waals surface area contributed by atoms with E-state index in [4.69, 9.17) is 0 Å². The van der Waals surface area contributed by atoms with Crippen LogP contribution in [0.15, 0.2) is 18.2 Å². The third kappa shape index (κ3) is 2.00. The van der Waals surface area contributed by atoms with E-state index in [1.807, 2.05) is 0 Å². The third-order valence-electron chi connectivity index (χ3n) is 6.12. The van der Waals surface area contributed by atoms with Crippen LogP contribution in [0.1, 0.15) is 62.1 Å². The normalized spacial score (nSPS) is 25.7. The molecule has 2 aliphatic carbocycles. The standard InChI is InChI=1S/C18H25Br/c1-17(2)16(18(17,3)4)15(19)14-10-9-12-7-5-6-8-13(12)11-14/h9-11,15-16H,5-8H2,1-4H3. The fourth-order valence-electron chi connectivity index (χ4n) is 4.10. The maximum Gasteiger partial charge on any atom is 0.0434 e. The summed E-state index contributed by atoms with van der Waals surface area (Å²) in [6.07, 6.45) is 5.29. The van der Waals surface area contributed by atoms with Gasteiger partial charge in [-0.1, -0.05) is 61.8 Å². The van der Waals surface area contributed by atoms with Crippen LogP contribution in [0.3, 0.4) is 0 Å². The molecule has 1 aromatic rings. The number of benzene rings is 1. The van der Waals surface area contributed by atoms with Crippen molar-refractivity contribution in [3.05, 3.63) is 34.9 Å². The molecule has 1 aromatic carbocycles. The zero-order chi connectivity index (χ0) is 13.8. The van der Waals surface area contributed by atoms with Crippen LogP contribution in [-0.2, 0) is 12.8 Å². The molecule has 0 aliphatic heterocycles. The smallest absolute Gasteiger partial charge is 0.0434 e.